The molecule has 0 atom stereocenters. The lowest BCUT2D eigenvalue weighted by Crippen LogP contribution is -2.03. The quantitative estimate of drug-likeness (QED) is 0.418. The van der Waals surface area contributed by atoms with E-state index in [-0.39, 0.29) is 12.4 Å². The highest BCUT2D eigenvalue weighted by Crippen LogP contribution is 2.33. The molecular weight excluding hydrogens is 384 g/mol. The number of methoxy groups -OCH3 is 2. The van der Waals surface area contributed by atoms with Gasteiger partial charge < -0.3 is 14.0 Å². The van der Waals surface area contributed by atoms with E-state index in [1.165, 1.54) is 27.7 Å². The second-order valence-corrected chi connectivity index (χ2v) is 6.93. The molecule has 0 aliphatic rings. The Bertz CT molecular complexity index is 1120. The molecular formula is C24H25ClN2O2. The minimum absolute atomic E-state index is 0. The second-order valence-electron chi connectivity index (χ2n) is 6.93. The van der Waals surface area contributed by atoms with E-state index in [0.717, 1.165) is 29.3 Å². The molecule has 0 spiro atoms. The number of halogens is 1. The molecule has 0 radical (unpaired) electrons. The van der Waals surface area contributed by atoms with Gasteiger partial charge in [0.15, 0.2) is 0 Å². The molecule has 0 saturated heterocycles. The third-order valence-corrected chi connectivity index (χ3v) is 5.41. The Morgan fingerprint density at radius 3 is 2.00 bits per heavy atom. The van der Waals surface area contributed by atoms with Gasteiger partial charge in [-0.3, -0.25) is 4.98 Å². The first-order valence-corrected chi connectivity index (χ1v) is 9.34. The topological polar surface area (TPSA) is 36.3 Å². The first-order valence-electron chi connectivity index (χ1n) is 9.34. The zero-order valence-electron chi connectivity index (χ0n) is 17.1. The summed E-state index contributed by atoms with van der Waals surface area (Å²) in [5.74, 6) is 1.71. The number of hydrogen-bond acceptors (Lipinski definition) is 3. The third-order valence-electron chi connectivity index (χ3n) is 5.41. The van der Waals surface area contributed by atoms with Crippen LogP contribution >= 0.6 is 12.4 Å². The average molecular weight is 409 g/mol. The van der Waals surface area contributed by atoms with Crippen LogP contribution in [-0.4, -0.2) is 23.8 Å². The van der Waals surface area contributed by atoms with Crippen molar-refractivity contribution in [3.63, 3.8) is 0 Å². The van der Waals surface area contributed by atoms with Gasteiger partial charge in [0.1, 0.15) is 11.5 Å². The molecule has 0 saturated carbocycles. The summed E-state index contributed by atoms with van der Waals surface area (Å²) >= 11 is 0. The van der Waals surface area contributed by atoms with Crippen molar-refractivity contribution in [1.29, 1.82) is 0 Å². The number of nitrogens with zero attached hydrogens (tertiary/aromatic N) is 2. The molecule has 150 valence electrons. The van der Waals surface area contributed by atoms with Gasteiger partial charge in [0.25, 0.3) is 0 Å². The van der Waals surface area contributed by atoms with Crippen LogP contribution in [0, 0.1) is 13.8 Å². The number of ether oxygens (including phenoxy) is 2. The van der Waals surface area contributed by atoms with Crippen molar-refractivity contribution < 1.29 is 9.47 Å². The van der Waals surface area contributed by atoms with Gasteiger partial charge in [-0.1, -0.05) is 12.1 Å². The first kappa shape index (κ1) is 20.7. The molecule has 0 fully saturated rings. The highest BCUT2D eigenvalue weighted by molar-refractivity contribution is 5.95. The Morgan fingerprint density at radius 1 is 0.828 bits per heavy atom. The lowest BCUT2D eigenvalue weighted by Gasteiger charge is -2.12. The molecule has 2 aromatic heterocycles. The van der Waals surface area contributed by atoms with Crippen molar-refractivity contribution in [2.75, 3.05) is 14.2 Å². The number of benzene rings is 2. The molecule has 4 aromatic rings. The molecule has 0 amide bonds. The van der Waals surface area contributed by atoms with Crippen molar-refractivity contribution in [2.24, 2.45) is 0 Å². The van der Waals surface area contributed by atoms with Crippen molar-refractivity contribution in [3.8, 4) is 22.8 Å². The van der Waals surface area contributed by atoms with Crippen molar-refractivity contribution >= 4 is 23.3 Å². The minimum Gasteiger partial charge on any atom is -0.497 e. The van der Waals surface area contributed by atoms with Crippen LogP contribution in [0.1, 0.15) is 16.8 Å². The molecule has 2 heterocycles. The van der Waals surface area contributed by atoms with Crippen LogP contribution in [0.15, 0.2) is 60.8 Å². The molecule has 0 bridgehead atoms. The van der Waals surface area contributed by atoms with Crippen LogP contribution in [-0.2, 0) is 6.54 Å². The van der Waals surface area contributed by atoms with Gasteiger partial charge in [-0.25, -0.2) is 0 Å². The predicted molar refractivity (Wildman–Crippen MR) is 121 cm³/mol. The third kappa shape index (κ3) is 3.81. The summed E-state index contributed by atoms with van der Waals surface area (Å²) in [6.07, 6.45) is 1.89. The van der Waals surface area contributed by atoms with Crippen LogP contribution < -0.4 is 9.47 Å². The Kier molecular flexibility index (Phi) is 6.14. The lowest BCUT2D eigenvalue weighted by atomic mass is 10.1. The number of fused-ring (bicyclic) bond motifs is 1. The van der Waals surface area contributed by atoms with Gasteiger partial charge in [0.05, 0.1) is 25.4 Å². The first-order chi connectivity index (χ1) is 13.6. The van der Waals surface area contributed by atoms with Crippen LogP contribution in [0.5, 0.6) is 11.5 Å². The van der Waals surface area contributed by atoms with Gasteiger partial charge in [-0.2, -0.15) is 0 Å². The Labute approximate surface area is 177 Å². The SMILES string of the molecule is COc1ccc(Cn2c(C)c(C)c3ccnc(-c4ccc(OC)cc4)c32)cc1.Cl. The summed E-state index contributed by atoms with van der Waals surface area (Å²) in [5.41, 5.74) is 7.02. The van der Waals surface area contributed by atoms with Crippen LogP contribution in [0.25, 0.3) is 22.2 Å². The maximum absolute atomic E-state index is 5.30. The smallest absolute Gasteiger partial charge is 0.118 e. The Hall–Kier alpha value is -2.98. The standard InChI is InChI=1S/C24H24N2O2.ClH/c1-16-17(2)26(15-18-5-9-20(27-3)10-6-18)24-22(16)13-14-25-23(24)19-7-11-21(28-4)12-8-19;/h5-14H,15H2,1-4H3;1H. The second kappa shape index (κ2) is 8.58. The normalized spacial score (nSPS) is 10.6. The van der Waals surface area contributed by atoms with Crippen LogP contribution in [0.4, 0.5) is 0 Å². The highest BCUT2D eigenvalue weighted by Gasteiger charge is 2.16. The van der Waals surface area contributed by atoms with E-state index in [0.29, 0.717) is 0 Å². The molecule has 5 heteroatoms. The molecule has 29 heavy (non-hydrogen) atoms. The molecule has 4 nitrogen and oxygen atoms in total. The van der Waals surface area contributed by atoms with Crippen molar-refractivity contribution in [2.45, 2.75) is 20.4 Å². The van der Waals surface area contributed by atoms with E-state index in [1.807, 2.05) is 30.5 Å². The van der Waals surface area contributed by atoms with Gasteiger partial charge in [-0.15, -0.1) is 12.4 Å². The fourth-order valence-corrected chi connectivity index (χ4v) is 3.67. The number of aryl methyl sites for hydroxylation is 1. The van der Waals surface area contributed by atoms with Crippen LogP contribution in [0.2, 0.25) is 0 Å². The van der Waals surface area contributed by atoms with E-state index >= 15 is 0 Å². The lowest BCUT2D eigenvalue weighted by molar-refractivity contribution is 0.414. The number of rotatable bonds is 5. The van der Waals surface area contributed by atoms with E-state index < -0.39 is 0 Å². The zero-order valence-corrected chi connectivity index (χ0v) is 17.9. The molecule has 2 aromatic carbocycles. The maximum atomic E-state index is 5.30. The predicted octanol–water partition coefficient (Wildman–Crippen LogP) is 5.81. The van der Waals surface area contributed by atoms with Crippen molar-refractivity contribution in [3.05, 3.63) is 77.6 Å². The fraction of sp³-hybridized carbons (Fsp3) is 0.208. The average Bonchev–Trinajstić information content (AvgIpc) is 2.99. The van der Waals surface area contributed by atoms with E-state index in [4.69, 9.17) is 14.5 Å². The van der Waals surface area contributed by atoms with Gasteiger partial charge in [0, 0.05) is 29.4 Å². The number of pyridine rings is 1. The number of aromatic nitrogens is 2. The molecule has 0 aliphatic heterocycles. The monoisotopic (exact) mass is 408 g/mol. The largest absolute Gasteiger partial charge is 0.497 e. The summed E-state index contributed by atoms with van der Waals surface area (Å²) in [7, 11) is 3.37. The summed E-state index contributed by atoms with van der Waals surface area (Å²) in [6.45, 7) is 5.14. The Morgan fingerprint density at radius 2 is 1.41 bits per heavy atom. The summed E-state index contributed by atoms with van der Waals surface area (Å²) in [6, 6.07) is 18.4. The van der Waals surface area contributed by atoms with Crippen molar-refractivity contribution in [1.82, 2.24) is 9.55 Å². The van der Waals surface area contributed by atoms with E-state index in [9.17, 15) is 0 Å². The fourth-order valence-electron chi connectivity index (χ4n) is 3.67. The molecule has 4 rings (SSSR count). The van der Waals surface area contributed by atoms with Gasteiger partial charge >= 0.3 is 0 Å². The summed E-state index contributed by atoms with van der Waals surface area (Å²) in [4.78, 5) is 4.74. The van der Waals surface area contributed by atoms with Crippen LogP contribution in [0.3, 0.4) is 0 Å². The zero-order chi connectivity index (χ0) is 19.7. The minimum atomic E-state index is 0. The number of hydrogen-bond donors (Lipinski definition) is 0. The summed E-state index contributed by atoms with van der Waals surface area (Å²) in [5, 5.41) is 1.24. The Balaban J connectivity index is 0.00000240. The summed E-state index contributed by atoms with van der Waals surface area (Å²) < 4.78 is 12.9. The van der Waals surface area contributed by atoms with Gasteiger partial charge in [0.2, 0.25) is 0 Å². The highest BCUT2D eigenvalue weighted by atomic mass is 35.5. The maximum Gasteiger partial charge on any atom is 0.118 e. The molecule has 0 unspecified atom stereocenters. The molecule has 0 aliphatic carbocycles. The van der Waals surface area contributed by atoms with E-state index in [2.05, 4.69) is 48.7 Å². The van der Waals surface area contributed by atoms with E-state index in [1.54, 1.807) is 14.2 Å². The molecule has 0 N–H and O–H groups in total. The van der Waals surface area contributed by atoms with Gasteiger partial charge in [-0.05, 0) is 67.4 Å².